The molecule has 0 aliphatic rings. The number of aromatic hydroxyl groups is 1. The molecule has 0 radical (unpaired) electrons. The van der Waals surface area contributed by atoms with Crippen molar-refractivity contribution in [2.24, 2.45) is 0 Å². The van der Waals surface area contributed by atoms with E-state index in [0.717, 1.165) is 24.0 Å². The van der Waals surface area contributed by atoms with E-state index in [9.17, 15) is 9.90 Å². The Morgan fingerprint density at radius 1 is 1.41 bits per heavy atom. The normalized spacial score (nSPS) is 10.2. The van der Waals surface area contributed by atoms with Gasteiger partial charge in [-0.25, -0.2) is 0 Å². The van der Waals surface area contributed by atoms with E-state index in [4.69, 9.17) is 0 Å². The molecule has 0 saturated carbocycles. The fourth-order valence-corrected chi connectivity index (χ4v) is 1.80. The van der Waals surface area contributed by atoms with Crippen LogP contribution in [0.1, 0.15) is 37.3 Å². The molecule has 2 heteroatoms. The van der Waals surface area contributed by atoms with Gasteiger partial charge < -0.3 is 5.11 Å². The zero-order chi connectivity index (χ0) is 12.7. The van der Waals surface area contributed by atoms with Crippen LogP contribution in [0.3, 0.4) is 0 Å². The monoisotopic (exact) mass is 232 g/mol. The number of phenols is 1. The van der Waals surface area contributed by atoms with Crippen molar-refractivity contribution in [2.75, 3.05) is 0 Å². The molecule has 0 amide bonds. The van der Waals surface area contributed by atoms with Crippen LogP contribution in [0, 0.1) is 0 Å². The highest BCUT2D eigenvalue weighted by Gasteiger charge is 2.04. The summed E-state index contributed by atoms with van der Waals surface area (Å²) in [4.78, 5) is 11.4. The van der Waals surface area contributed by atoms with Gasteiger partial charge in [0.2, 0.25) is 0 Å². The van der Waals surface area contributed by atoms with Crippen LogP contribution >= 0.6 is 0 Å². The summed E-state index contributed by atoms with van der Waals surface area (Å²) in [5, 5.41) is 9.61. The molecule has 0 spiro atoms. The number of allylic oxidation sites excluding steroid dienone is 1. The molecule has 0 aromatic heterocycles. The van der Waals surface area contributed by atoms with Gasteiger partial charge in [0, 0.05) is 12.8 Å². The Hall–Kier alpha value is -1.57. The van der Waals surface area contributed by atoms with Crippen LogP contribution in [0.5, 0.6) is 5.75 Å². The maximum Gasteiger partial charge on any atom is 0.133 e. The Balaban J connectivity index is 2.62. The number of carbonyl (C=O) groups excluding carboxylic acids is 1. The Morgan fingerprint density at radius 2 is 2.18 bits per heavy atom. The molecule has 0 bridgehead atoms. The number of phenolic OH excluding ortho intramolecular Hbond substituents is 1. The Labute approximate surface area is 103 Å². The molecule has 2 nitrogen and oxygen atoms in total. The van der Waals surface area contributed by atoms with Crippen LogP contribution in [0.4, 0.5) is 0 Å². The van der Waals surface area contributed by atoms with Gasteiger partial charge in [0.1, 0.15) is 11.5 Å². The number of hydrogen-bond acceptors (Lipinski definition) is 2. The minimum atomic E-state index is 0.300. The summed E-state index contributed by atoms with van der Waals surface area (Å²) in [6.07, 6.45) is 5.34. The number of benzene rings is 1. The lowest BCUT2D eigenvalue weighted by Gasteiger charge is -2.06. The maximum absolute atomic E-state index is 11.4. The van der Waals surface area contributed by atoms with Crippen LogP contribution in [0.2, 0.25) is 0 Å². The first-order valence-corrected chi connectivity index (χ1v) is 6.10. The van der Waals surface area contributed by atoms with Crippen molar-refractivity contribution in [2.45, 2.75) is 39.0 Å². The Morgan fingerprint density at radius 3 is 2.82 bits per heavy atom. The third-order valence-electron chi connectivity index (χ3n) is 2.73. The van der Waals surface area contributed by atoms with E-state index in [-0.39, 0.29) is 0 Å². The fraction of sp³-hybridized carbons (Fsp3) is 0.400. The highest BCUT2D eigenvalue weighted by Crippen LogP contribution is 2.20. The summed E-state index contributed by atoms with van der Waals surface area (Å²) in [5.41, 5.74) is 1.98. The van der Waals surface area contributed by atoms with E-state index < -0.39 is 0 Å². The molecule has 1 aromatic rings. The largest absolute Gasteiger partial charge is 0.508 e. The van der Waals surface area contributed by atoms with Gasteiger partial charge in [0.05, 0.1) is 0 Å². The number of aryl methyl sites for hydroxylation is 1. The number of ketones is 1. The van der Waals surface area contributed by atoms with E-state index in [1.54, 1.807) is 12.1 Å². The molecule has 92 valence electrons. The van der Waals surface area contributed by atoms with Crippen molar-refractivity contribution in [3.05, 3.63) is 42.0 Å². The summed E-state index contributed by atoms with van der Waals surface area (Å²) in [7, 11) is 0. The molecule has 0 unspecified atom stereocenters. The summed E-state index contributed by atoms with van der Waals surface area (Å²) < 4.78 is 0. The quantitative estimate of drug-likeness (QED) is 0.731. The predicted molar refractivity (Wildman–Crippen MR) is 70.2 cm³/mol. The number of Topliss-reactive ketones (excluding diaryl/α,β-unsaturated/α-hetero) is 1. The van der Waals surface area contributed by atoms with Crippen molar-refractivity contribution in [3.8, 4) is 5.75 Å². The van der Waals surface area contributed by atoms with E-state index in [2.05, 4.69) is 6.58 Å². The lowest BCUT2D eigenvalue weighted by molar-refractivity contribution is -0.119. The van der Waals surface area contributed by atoms with Crippen LogP contribution < -0.4 is 0 Å². The second-order valence-electron chi connectivity index (χ2n) is 4.24. The fourth-order valence-electron chi connectivity index (χ4n) is 1.80. The van der Waals surface area contributed by atoms with Crippen molar-refractivity contribution in [3.63, 3.8) is 0 Å². The van der Waals surface area contributed by atoms with Gasteiger partial charge in [-0.05, 0) is 36.5 Å². The van der Waals surface area contributed by atoms with Crippen LogP contribution in [-0.2, 0) is 17.6 Å². The first-order chi connectivity index (χ1) is 8.17. The first-order valence-electron chi connectivity index (χ1n) is 6.10. The van der Waals surface area contributed by atoms with Gasteiger partial charge in [-0.15, -0.1) is 6.58 Å². The van der Waals surface area contributed by atoms with Gasteiger partial charge in [0.25, 0.3) is 0 Å². The predicted octanol–water partition coefficient (Wildman–Crippen LogP) is 3.42. The van der Waals surface area contributed by atoms with Crippen LogP contribution in [-0.4, -0.2) is 10.9 Å². The molecule has 0 aliphatic heterocycles. The highest BCUT2D eigenvalue weighted by molar-refractivity contribution is 5.78. The lowest BCUT2D eigenvalue weighted by Crippen LogP contribution is -1.99. The molecule has 0 saturated heterocycles. The van der Waals surface area contributed by atoms with Gasteiger partial charge in [0.15, 0.2) is 0 Å². The average molecular weight is 232 g/mol. The smallest absolute Gasteiger partial charge is 0.133 e. The molecular weight excluding hydrogens is 212 g/mol. The molecule has 0 atom stereocenters. The summed E-state index contributed by atoms with van der Waals surface area (Å²) in [6.45, 7) is 5.67. The molecule has 0 fully saturated rings. The van der Waals surface area contributed by atoms with Gasteiger partial charge >= 0.3 is 0 Å². The van der Waals surface area contributed by atoms with Crippen LogP contribution in [0.15, 0.2) is 30.9 Å². The minimum absolute atomic E-state index is 0.300. The third kappa shape index (κ3) is 4.43. The molecule has 1 rings (SSSR count). The molecule has 17 heavy (non-hydrogen) atoms. The number of hydrogen-bond donors (Lipinski definition) is 1. The van der Waals surface area contributed by atoms with E-state index >= 15 is 0 Å². The van der Waals surface area contributed by atoms with Gasteiger partial charge in [-0.1, -0.05) is 25.1 Å². The third-order valence-corrected chi connectivity index (χ3v) is 2.73. The number of rotatable bonds is 7. The van der Waals surface area contributed by atoms with Crippen molar-refractivity contribution >= 4 is 5.78 Å². The zero-order valence-corrected chi connectivity index (χ0v) is 10.4. The van der Waals surface area contributed by atoms with E-state index in [1.807, 2.05) is 19.1 Å². The molecule has 1 N–H and O–H groups in total. The summed E-state index contributed by atoms with van der Waals surface area (Å²) >= 11 is 0. The van der Waals surface area contributed by atoms with Crippen molar-refractivity contribution < 1.29 is 9.90 Å². The second-order valence-corrected chi connectivity index (χ2v) is 4.24. The first kappa shape index (κ1) is 13.5. The lowest BCUT2D eigenvalue weighted by atomic mass is 10.0. The standard InChI is InChI=1S/C15H20O2/c1-3-5-13-11-12(8-10-15(13)17)7-9-14(16)6-4-2/h3,8,10-11,17H,1,4-7,9H2,2H3. The molecule has 0 heterocycles. The maximum atomic E-state index is 11.4. The number of carbonyl (C=O) groups is 1. The average Bonchev–Trinajstić information content (AvgIpc) is 2.31. The molecular formula is C15H20O2. The van der Waals surface area contributed by atoms with E-state index in [1.165, 1.54) is 0 Å². The van der Waals surface area contributed by atoms with Gasteiger partial charge in [-0.3, -0.25) is 4.79 Å². The van der Waals surface area contributed by atoms with Gasteiger partial charge in [-0.2, -0.15) is 0 Å². The van der Waals surface area contributed by atoms with Crippen LogP contribution in [0.25, 0.3) is 0 Å². The molecule has 1 aromatic carbocycles. The zero-order valence-electron chi connectivity index (χ0n) is 10.4. The summed E-state index contributed by atoms with van der Waals surface area (Å²) in [6, 6.07) is 5.52. The minimum Gasteiger partial charge on any atom is -0.508 e. The van der Waals surface area contributed by atoms with E-state index in [0.29, 0.717) is 30.8 Å². The Bertz CT molecular complexity index is 394. The van der Waals surface area contributed by atoms with Crippen molar-refractivity contribution in [1.29, 1.82) is 0 Å². The molecule has 0 aliphatic carbocycles. The topological polar surface area (TPSA) is 37.3 Å². The SMILES string of the molecule is C=CCc1cc(CCC(=O)CCC)ccc1O. The van der Waals surface area contributed by atoms with Crippen molar-refractivity contribution in [1.82, 2.24) is 0 Å². The second kappa shape index (κ2) is 6.89. The highest BCUT2D eigenvalue weighted by atomic mass is 16.3. The Kier molecular flexibility index (Phi) is 5.47. The summed E-state index contributed by atoms with van der Waals surface area (Å²) in [5.74, 6) is 0.611.